The number of benzene rings is 2. The number of rotatable bonds is 7. The van der Waals surface area contributed by atoms with Gasteiger partial charge >= 0.3 is 0 Å². The zero-order valence-electron chi connectivity index (χ0n) is 18.4. The van der Waals surface area contributed by atoms with E-state index >= 15 is 0 Å². The highest BCUT2D eigenvalue weighted by Crippen LogP contribution is 2.34. The highest BCUT2D eigenvalue weighted by molar-refractivity contribution is 6.03. The second-order valence-electron chi connectivity index (χ2n) is 7.80. The van der Waals surface area contributed by atoms with E-state index < -0.39 is 5.92 Å². The predicted octanol–water partition coefficient (Wildman–Crippen LogP) is 3.25. The lowest BCUT2D eigenvalue weighted by molar-refractivity contribution is -0.122. The van der Waals surface area contributed by atoms with Crippen molar-refractivity contribution >= 4 is 23.3 Å². The number of methoxy groups -OCH3 is 2. The molecule has 1 fully saturated rings. The van der Waals surface area contributed by atoms with E-state index in [9.17, 15) is 9.59 Å². The highest BCUT2D eigenvalue weighted by Gasteiger charge is 2.35. The first-order chi connectivity index (χ1) is 15.5. The molecule has 0 unspecified atom stereocenters. The van der Waals surface area contributed by atoms with E-state index in [0.717, 1.165) is 5.56 Å². The van der Waals surface area contributed by atoms with Crippen LogP contribution in [0.2, 0.25) is 0 Å². The first kappa shape index (κ1) is 21.4. The molecule has 2 amide bonds. The molecule has 1 aromatic heterocycles. The number of hydrogen-bond donors (Lipinski definition) is 1. The minimum atomic E-state index is -0.460. The Morgan fingerprint density at radius 1 is 1.12 bits per heavy atom. The van der Waals surface area contributed by atoms with Gasteiger partial charge in [0.2, 0.25) is 11.8 Å². The Kier molecular flexibility index (Phi) is 6.11. The van der Waals surface area contributed by atoms with Crippen LogP contribution in [0.4, 0.5) is 11.5 Å². The van der Waals surface area contributed by atoms with Gasteiger partial charge in [0.05, 0.1) is 32.9 Å². The number of carbonyl (C=O) groups excluding carboxylic acids is 2. The molecule has 1 N–H and O–H groups in total. The largest absolute Gasteiger partial charge is 0.493 e. The van der Waals surface area contributed by atoms with E-state index in [1.54, 1.807) is 54.3 Å². The van der Waals surface area contributed by atoms with E-state index in [4.69, 9.17) is 9.47 Å². The smallest absolute Gasteiger partial charge is 0.230 e. The lowest BCUT2D eigenvalue weighted by Gasteiger charge is -2.18. The molecule has 8 heteroatoms. The molecule has 0 saturated carbocycles. The van der Waals surface area contributed by atoms with Gasteiger partial charge in [-0.05, 0) is 24.6 Å². The van der Waals surface area contributed by atoms with Crippen LogP contribution in [0.15, 0.2) is 54.7 Å². The fraction of sp³-hybridized carbons (Fsp3) is 0.292. The lowest BCUT2D eigenvalue weighted by atomic mass is 10.1. The summed E-state index contributed by atoms with van der Waals surface area (Å²) in [6.07, 6.45) is 1.80. The van der Waals surface area contributed by atoms with Crippen molar-refractivity contribution in [1.29, 1.82) is 0 Å². The Balaban J connectivity index is 1.44. The van der Waals surface area contributed by atoms with Crippen molar-refractivity contribution in [2.75, 3.05) is 31.0 Å². The topological polar surface area (TPSA) is 85.7 Å². The second kappa shape index (κ2) is 9.13. The van der Waals surface area contributed by atoms with Crippen LogP contribution >= 0.6 is 0 Å². The van der Waals surface area contributed by atoms with E-state index in [2.05, 4.69) is 16.5 Å². The molecule has 0 spiro atoms. The molecule has 3 aromatic rings. The van der Waals surface area contributed by atoms with Crippen LogP contribution in [0, 0.1) is 12.8 Å². The average Bonchev–Trinajstić information content (AvgIpc) is 3.39. The number of hydrogen-bond acceptors (Lipinski definition) is 5. The van der Waals surface area contributed by atoms with Gasteiger partial charge in [-0.15, -0.1) is 0 Å². The molecule has 2 aromatic carbocycles. The van der Waals surface area contributed by atoms with Gasteiger partial charge in [0.15, 0.2) is 11.5 Å². The first-order valence-corrected chi connectivity index (χ1v) is 10.4. The van der Waals surface area contributed by atoms with Gasteiger partial charge in [-0.2, -0.15) is 5.10 Å². The Labute approximate surface area is 186 Å². The molecule has 8 nitrogen and oxygen atoms in total. The van der Waals surface area contributed by atoms with Crippen LogP contribution in [0.3, 0.4) is 0 Å². The Bertz CT molecular complexity index is 1140. The standard InChI is InChI=1S/C24H26N4O4/c1-16-5-4-6-17(11-16)14-28-22(9-10-25-28)26-24(30)18-12-23(29)27(15-18)19-7-8-20(31-2)21(13-19)32-3/h4-11,13,18H,12,14-15H2,1-3H3,(H,26,30)/t18-/m0/s1. The van der Waals surface area contributed by atoms with Crippen molar-refractivity contribution in [2.45, 2.75) is 19.9 Å². The summed E-state index contributed by atoms with van der Waals surface area (Å²) in [5.41, 5.74) is 2.94. The van der Waals surface area contributed by atoms with Gasteiger partial charge in [-0.1, -0.05) is 29.8 Å². The summed E-state index contributed by atoms with van der Waals surface area (Å²) in [6, 6.07) is 15.2. The lowest BCUT2D eigenvalue weighted by Crippen LogP contribution is -2.28. The van der Waals surface area contributed by atoms with Crippen LogP contribution in [-0.2, 0) is 16.1 Å². The molecule has 4 rings (SSSR count). The van der Waals surface area contributed by atoms with E-state index in [1.807, 2.05) is 25.1 Å². The fourth-order valence-corrected chi connectivity index (χ4v) is 3.90. The molecule has 2 heterocycles. The SMILES string of the molecule is COc1ccc(N2C[C@@H](C(=O)Nc3ccnn3Cc3cccc(C)c3)CC2=O)cc1OC. The molecule has 1 aliphatic rings. The Morgan fingerprint density at radius 3 is 2.69 bits per heavy atom. The van der Waals surface area contributed by atoms with E-state index in [-0.39, 0.29) is 18.2 Å². The van der Waals surface area contributed by atoms with Gasteiger partial charge < -0.3 is 19.7 Å². The average molecular weight is 434 g/mol. The first-order valence-electron chi connectivity index (χ1n) is 10.4. The summed E-state index contributed by atoms with van der Waals surface area (Å²) in [5.74, 6) is 0.953. The Hall–Kier alpha value is -3.81. The molecule has 166 valence electrons. The fourth-order valence-electron chi connectivity index (χ4n) is 3.90. The molecular formula is C24H26N4O4. The van der Waals surface area contributed by atoms with Gasteiger partial charge in [-0.25, -0.2) is 4.68 Å². The summed E-state index contributed by atoms with van der Waals surface area (Å²) in [5, 5.41) is 7.27. The summed E-state index contributed by atoms with van der Waals surface area (Å²) >= 11 is 0. The third-order valence-corrected chi connectivity index (χ3v) is 5.56. The van der Waals surface area contributed by atoms with Crippen molar-refractivity contribution in [3.05, 3.63) is 65.9 Å². The molecule has 0 aliphatic carbocycles. The van der Waals surface area contributed by atoms with Gasteiger partial charge in [0.25, 0.3) is 0 Å². The van der Waals surface area contributed by atoms with E-state index in [0.29, 0.717) is 36.1 Å². The van der Waals surface area contributed by atoms with Crippen LogP contribution in [0.1, 0.15) is 17.5 Å². The zero-order valence-corrected chi connectivity index (χ0v) is 18.4. The van der Waals surface area contributed by atoms with Crippen molar-refractivity contribution in [3.8, 4) is 11.5 Å². The molecule has 1 saturated heterocycles. The predicted molar refractivity (Wildman–Crippen MR) is 121 cm³/mol. The van der Waals surface area contributed by atoms with Crippen molar-refractivity contribution in [3.63, 3.8) is 0 Å². The molecule has 1 aliphatic heterocycles. The maximum atomic E-state index is 12.9. The summed E-state index contributed by atoms with van der Waals surface area (Å²) in [4.78, 5) is 27.2. The number of aryl methyl sites for hydroxylation is 1. The minimum absolute atomic E-state index is 0.106. The Morgan fingerprint density at radius 2 is 1.94 bits per heavy atom. The molecule has 0 bridgehead atoms. The number of amides is 2. The van der Waals surface area contributed by atoms with Crippen LogP contribution in [0.25, 0.3) is 0 Å². The third-order valence-electron chi connectivity index (χ3n) is 5.56. The van der Waals surface area contributed by atoms with Gasteiger partial charge in [0, 0.05) is 30.8 Å². The number of nitrogens with one attached hydrogen (secondary N) is 1. The number of anilines is 2. The second-order valence-corrected chi connectivity index (χ2v) is 7.80. The minimum Gasteiger partial charge on any atom is -0.493 e. The van der Waals surface area contributed by atoms with Crippen molar-refractivity contribution < 1.29 is 19.1 Å². The van der Waals surface area contributed by atoms with Crippen molar-refractivity contribution in [1.82, 2.24) is 9.78 Å². The van der Waals surface area contributed by atoms with Crippen LogP contribution in [0.5, 0.6) is 11.5 Å². The summed E-state index contributed by atoms with van der Waals surface area (Å²) < 4.78 is 12.3. The normalized spacial score (nSPS) is 15.7. The number of aromatic nitrogens is 2. The molecule has 0 radical (unpaired) electrons. The van der Waals surface area contributed by atoms with Gasteiger partial charge in [0.1, 0.15) is 5.82 Å². The van der Waals surface area contributed by atoms with Gasteiger partial charge in [-0.3, -0.25) is 9.59 Å². The quantitative estimate of drug-likeness (QED) is 0.617. The number of nitrogens with zero attached hydrogens (tertiary/aromatic N) is 3. The molecule has 1 atom stereocenters. The maximum absolute atomic E-state index is 12.9. The number of carbonyl (C=O) groups is 2. The van der Waals surface area contributed by atoms with E-state index in [1.165, 1.54) is 5.56 Å². The zero-order chi connectivity index (χ0) is 22.7. The maximum Gasteiger partial charge on any atom is 0.230 e. The monoisotopic (exact) mass is 434 g/mol. The summed E-state index contributed by atoms with van der Waals surface area (Å²) in [6.45, 7) is 2.88. The highest BCUT2D eigenvalue weighted by atomic mass is 16.5. The molecule has 32 heavy (non-hydrogen) atoms. The third kappa shape index (κ3) is 4.44. The van der Waals surface area contributed by atoms with Crippen LogP contribution in [-0.4, -0.2) is 42.4 Å². The summed E-state index contributed by atoms with van der Waals surface area (Å²) in [7, 11) is 3.10. The number of ether oxygens (including phenoxy) is 2. The van der Waals surface area contributed by atoms with Crippen LogP contribution < -0.4 is 19.7 Å². The van der Waals surface area contributed by atoms with Crippen molar-refractivity contribution in [2.24, 2.45) is 5.92 Å². The molecular weight excluding hydrogens is 408 g/mol.